The van der Waals surface area contributed by atoms with Crippen molar-refractivity contribution in [2.24, 2.45) is 0 Å². The van der Waals surface area contributed by atoms with Crippen LogP contribution < -0.4 is 0 Å². The zero-order valence-electron chi connectivity index (χ0n) is 10.3. The van der Waals surface area contributed by atoms with Crippen LogP contribution in [-0.4, -0.2) is 27.6 Å². The molecule has 0 saturated carbocycles. The fourth-order valence-corrected chi connectivity index (χ4v) is 1.53. The highest BCUT2D eigenvalue weighted by molar-refractivity contribution is 9.09. The van der Waals surface area contributed by atoms with Gasteiger partial charge in [0, 0.05) is 0 Å². The van der Waals surface area contributed by atoms with Crippen molar-refractivity contribution >= 4 is 27.9 Å². The number of carboxylic acid groups (broad SMARTS) is 1. The molecule has 5 nitrogen and oxygen atoms in total. The maximum Gasteiger partial charge on any atom is 0.354 e. The summed E-state index contributed by atoms with van der Waals surface area (Å²) in [5, 5.41) is 8.82. The number of carbonyl (C=O) groups excluding carboxylic acids is 1. The van der Waals surface area contributed by atoms with Gasteiger partial charge in [-0.3, -0.25) is 4.79 Å². The standard InChI is InChI=1S/C12H14BrNO4/c1-12(2,3)18-11(17)9(13)7-5-4-6-8(14-7)10(15)16/h4-6,9H,1-3H3,(H,15,16). The van der Waals surface area contributed by atoms with Gasteiger partial charge in [0.25, 0.3) is 0 Å². The molecule has 0 spiro atoms. The number of nitrogens with zero attached hydrogens (tertiary/aromatic N) is 1. The van der Waals surface area contributed by atoms with Gasteiger partial charge >= 0.3 is 11.9 Å². The summed E-state index contributed by atoms with van der Waals surface area (Å²) >= 11 is 3.16. The Hall–Kier alpha value is -1.43. The van der Waals surface area contributed by atoms with Crippen LogP contribution in [0.2, 0.25) is 0 Å². The molecule has 1 N–H and O–H groups in total. The summed E-state index contributed by atoms with van der Waals surface area (Å²) in [6, 6.07) is 4.46. The first-order chi connectivity index (χ1) is 8.20. The van der Waals surface area contributed by atoms with E-state index in [-0.39, 0.29) is 5.69 Å². The molecule has 18 heavy (non-hydrogen) atoms. The van der Waals surface area contributed by atoms with E-state index in [4.69, 9.17) is 9.84 Å². The second-order valence-corrected chi connectivity index (χ2v) is 5.56. The zero-order chi connectivity index (χ0) is 13.9. The minimum absolute atomic E-state index is 0.111. The first-order valence-electron chi connectivity index (χ1n) is 5.28. The Morgan fingerprint density at radius 1 is 1.39 bits per heavy atom. The summed E-state index contributed by atoms with van der Waals surface area (Å²) in [6.45, 7) is 5.27. The number of halogens is 1. The van der Waals surface area contributed by atoms with Gasteiger partial charge in [-0.15, -0.1) is 0 Å². The third-order valence-electron chi connectivity index (χ3n) is 1.86. The maximum atomic E-state index is 11.8. The number of pyridine rings is 1. The largest absolute Gasteiger partial charge is 0.477 e. The summed E-state index contributed by atoms with van der Waals surface area (Å²) in [5.41, 5.74) is -0.405. The van der Waals surface area contributed by atoms with Crippen molar-refractivity contribution < 1.29 is 19.4 Å². The van der Waals surface area contributed by atoms with Gasteiger partial charge in [-0.1, -0.05) is 22.0 Å². The van der Waals surface area contributed by atoms with E-state index in [1.165, 1.54) is 12.1 Å². The van der Waals surface area contributed by atoms with E-state index in [2.05, 4.69) is 20.9 Å². The maximum absolute atomic E-state index is 11.8. The van der Waals surface area contributed by atoms with Crippen LogP contribution in [0, 0.1) is 0 Å². The van der Waals surface area contributed by atoms with E-state index in [0.29, 0.717) is 5.69 Å². The molecule has 1 aromatic heterocycles. The van der Waals surface area contributed by atoms with Crippen molar-refractivity contribution in [3.05, 3.63) is 29.6 Å². The number of aromatic carboxylic acids is 1. The van der Waals surface area contributed by atoms with E-state index in [0.717, 1.165) is 0 Å². The third kappa shape index (κ3) is 4.10. The number of hydrogen-bond donors (Lipinski definition) is 1. The molecule has 0 aliphatic heterocycles. The van der Waals surface area contributed by atoms with Crippen LogP contribution in [0.4, 0.5) is 0 Å². The predicted octanol–water partition coefficient (Wildman–Crippen LogP) is 2.56. The topological polar surface area (TPSA) is 76.5 Å². The fourth-order valence-electron chi connectivity index (χ4n) is 1.19. The molecule has 6 heteroatoms. The van der Waals surface area contributed by atoms with Gasteiger partial charge in [-0.2, -0.15) is 0 Å². The van der Waals surface area contributed by atoms with Crippen LogP contribution in [0.3, 0.4) is 0 Å². The number of carboxylic acids is 1. The third-order valence-corrected chi connectivity index (χ3v) is 2.71. The van der Waals surface area contributed by atoms with Gasteiger partial charge in [-0.05, 0) is 32.9 Å². The van der Waals surface area contributed by atoms with Crippen LogP contribution >= 0.6 is 15.9 Å². The smallest absolute Gasteiger partial charge is 0.354 e. The molecule has 1 heterocycles. The van der Waals surface area contributed by atoms with Crippen LogP contribution in [0.15, 0.2) is 18.2 Å². The predicted molar refractivity (Wildman–Crippen MR) is 68.7 cm³/mol. The number of alkyl halides is 1. The summed E-state index contributed by atoms with van der Waals surface area (Å²) in [5.74, 6) is -1.64. The van der Waals surface area contributed by atoms with Gasteiger partial charge in [0.05, 0.1) is 5.69 Å². The number of rotatable bonds is 3. The Kier molecular flexibility index (Phi) is 4.45. The lowest BCUT2D eigenvalue weighted by Crippen LogP contribution is -2.26. The van der Waals surface area contributed by atoms with Crippen LogP contribution in [-0.2, 0) is 9.53 Å². The molecule has 1 aromatic rings. The highest BCUT2D eigenvalue weighted by Crippen LogP contribution is 2.25. The Balaban J connectivity index is 2.90. The zero-order valence-corrected chi connectivity index (χ0v) is 11.9. The van der Waals surface area contributed by atoms with Gasteiger partial charge in [0.1, 0.15) is 11.3 Å². The number of ether oxygens (including phenoxy) is 1. The molecule has 0 aromatic carbocycles. The van der Waals surface area contributed by atoms with E-state index in [9.17, 15) is 9.59 Å². The molecule has 0 bridgehead atoms. The first-order valence-corrected chi connectivity index (χ1v) is 6.19. The molecule has 98 valence electrons. The molecule has 0 amide bonds. The first kappa shape index (κ1) is 14.6. The number of carbonyl (C=O) groups is 2. The van der Waals surface area contributed by atoms with Crippen LogP contribution in [0.25, 0.3) is 0 Å². The molecule has 0 aliphatic carbocycles. The molecule has 0 aliphatic rings. The van der Waals surface area contributed by atoms with Gasteiger partial charge < -0.3 is 9.84 Å². The van der Waals surface area contributed by atoms with Crippen molar-refractivity contribution in [3.63, 3.8) is 0 Å². The average Bonchev–Trinajstić information content (AvgIpc) is 2.26. The summed E-state index contributed by atoms with van der Waals surface area (Å²) in [6.07, 6.45) is 0. The van der Waals surface area contributed by atoms with E-state index in [1.807, 2.05) is 0 Å². The average molecular weight is 316 g/mol. The highest BCUT2D eigenvalue weighted by atomic mass is 79.9. The number of aromatic nitrogens is 1. The second-order valence-electron chi connectivity index (χ2n) is 4.65. The van der Waals surface area contributed by atoms with Crippen molar-refractivity contribution in [1.82, 2.24) is 4.98 Å². The monoisotopic (exact) mass is 315 g/mol. The normalized spacial score (nSPS) is 12.9. The minimum atomic E-state index is -1.14. The molecular weight excluding hydrogens is 302 g/mol. The lowest BCUT2D eigenvalue weighted by molar-refractivity contribution is -0.154. The fraction of sp³-hybridized carbons (Fsp3) is 0.417. The summed E-state index contributed by atoms with van der Waals surface area (Å²) < 4.78 is 5.18. The van der Waals surface area contributed by atoms with E-state index >= 15 is 0 Å². The quantitative estimate of drug-likeness (QED) is 0.685. The molecule has 0 radical (unpaired) electrons. The Bertz CT molecular complexity index is 467. The molecule has 0 saturated heterocycles. The van der Waals surface area contributed by atoms with Crippen molar-refractivity contribution in [1.29, 1.82) is 0 Å². The second kappa shape index (κ2) is 5.48. The minimum Gasteiger partial charge on any atom is -0.477 e. The molecule has 1 unspecified atom stereocenters. The molecule has 1 atom stereocenters. The van der Waals surface area contributed by atoms with Crippen LogP contribution in [0.1, 0.15) is 41.8 Å². The molecule has 0 fully saturated rings. The highest BCUT2D eigenvalue weighted by Gasteiger charge is 2.25. The molecule has 1 rings (SSSR count). The number of hydrogen-bond acceptors (Lipinski definition) is 4. The van der Waals surface area contributed by atoms with E-state index < -0.39 is 22.4 Å². The van der Waals surface area contributed by atoms with Gasteiger partial charge in [0.2, 0.25) is 0 Å². The van der Waals surface area contributed by atoms with Gasteiger partial charge in [-0.25, -0.2) is 9.78 Å². The Labute approximate surface area is 113 Å². The number of esters is 1. The summed E-state index contributed by atoms with van der Waals surface area (Å²) in [7, 11) is 0. The van der Waals surface area contributed by atoms with E-state index in [1.54, 1.807) is 26.8 Å². The van der Waals surface area contributed by atoms with Crippen molar-refractivity contribution in [2.45, 2.75) is 31.2 Å². The Morgan fingerprint density at radius 2 is 2.00 bits per heavy atom. The molecular formula is C12H14BrNO4. The van der Waals surface area contributed by atoms with Crippen molar-refractivity contribution in [2.75, 3.05) is 0 Å². The van der Waals surface area contributed by atoms with Crippen LogP contribution in [0.5, 0.6) is 0 Å². The lowest BCUT2D eigenvalue weighted by atomic mass is 10.2. The Morgan fingerprint density at radius 3 is 2.50 bits per heavy atom. The van der Waals surface area contributed by atoms with Gasteiger partial charge in [0.15, 0.2) is 4.83 Å². The SMILES string of the molecule is CC(C)(C)OC(=O)C(Br)c1cccc(C(=O)O)n1. The van der Waals surface area contributed by atoms with Crippen molar-refractivity contribution in [3.8, 4) is 0 Å². The lowest BCUT2D eigenvalue weighted by Gasteiger charge is -2.21. The summed E-state index contributed by atoms with van der Waals surface area (Å²) in [4.78, 5) is 25.7.